The molecule has 0 bridgehead atoms. The molecule has 1 heterocycles. The molecule has 3 atom stereocenters. The fourth-order valence-electron chi connectivity index (χ4n) is 4.28. The van der Waals surface area contributed by atoms with Gasteiger partial charge in [-0.05, 0) is 44.1 Å². The van der Waals surface area contributed by atoms with E-state index in [-0.39, 0.29) is 5.41 Å². The van der Waals surface area contributed by atoms with Gasteiger partial charge in [-0.2, -0.15) is 0 Å². The van der Waals surface area contributed by atoms with Crippen molar-refractivity contribution < 1.29 is 5.11 Å². The second kappa shape index (κ2) is 6.38. The van der Waals surface area contributed by atoms with Crippen molar-refractivity contribution in [2.75, 3.05) is 26.2 Å². The van der Waals surface area contributed by atoms with Gasteiger partial charge >= 0.3 is 0 Å². The van der Waals surface area contributed by atoms with Crippen LogP contribution in [0.15, 0.2) is 0 Å². The van der Waals surface area contributed by atoms with Gasteiger partial charge in [0.25, 0.3) is 0 Å². The minimum absolute atomic E-state index is 0.221. The van der Waals surface area contributed by atoms with Gasteiger partial charge < -0.3 is 10.0 Å². The third kappa shape index (κ3) is 3.48. The second-order valence-electron chi connectivity index (χ2n) is 7.04. The van der Waals surface area contributed by atoms with Crippen LogP contribution in [0.3, 0.4) is 0 Å². The molecule has 2 aliphatic rings. The minimum Gasteiger partial charge on any atom is -0.396 e. The zero-order chi connectivity index (χ0) is 13.0. The molecule has 3 unspecified atom stereocenters. The summed E-state index contributed by atoms with van der Waals surface area (Å²) in [6, 6.07) is 0. The smallest absolute Gasteiger partial charge is 0.0499 e. The Morgan fingerprint density at radius 3 is 2.83 bits per heavy atom. The monoisotopic (exact) mass is 253 g/mol. The van der Waals surface area contributed by atoms with Gasteiger partial charge in [0.05, 0.1) is 0 Å². The Balaban J connectivity index is 1.87. The Morgan fingerprint density at radius 1 is 1.33 bits per heavy atom. The standard InChI is InChI=1S/C16H31NO/c1-3-5-15-7-9-17(11-15)12-16(13-18)8-4-6-14(2)10-16/h14-15,18H,3-13H2,1-2H3. The number of nitrogens with zero attached hydrogens (tertiary/aromatic N) is 1. The van der Waals surface area contributed by atoms with E-state index in [0.717, 1.165) is 18.4 Å². The van der Waals surface area contributed by atoms with Crippen LogP contribution in [0.5, 0.6) is 0 Å². The Labute approximate surface area is 113 Å². The summed E-state index contributed by atoms with van der Waals surface area (Å²) >= 11 is 0. The average Bonchev–Trinajstić information content (AvgIpc) is 2.77. The van der Waals surface area contributed by atoms with E-state index in [1.807, 2.05) is 0 Å². The van der Waals surface area contributed by atoms with E-state index in [0.29, 0.717) is 6.61 Å². The number of aliphatic hydroxyl groups excluding tert-OH is 1. The molecular formula is C16H31NO. The quantitative estimate of drug-likeness (QED) is 0.812. The van der Waals surface area contributed by atoms with Crippen LogP contribution in [0.4, 0.5) is 0 Å². The molecule has 0 aromatic carbocycles. The molecule has 2 nitrogen and oxygen atoms in total. The van der Waals surface area contributed by atoms with Crippen LogP contribution in [0.2, 0.25) is 0 Å². The van der Waals surface area contributed by atoms with Gasteiger partial charge in [0.2, 0.25) is 0 Å². The summed E-state index contributed by atoms with van der Waals surface area (Å²) in [5.74, 6) is 1.73. The molecule has 18 heavy (non-hydrogen) atoms. The maximum atomic E-state index is 9.86. The normalized spacial score (nSPS) is 38.2. The van der Waals surface area contributed by atoms with Gasteiger partial charge in [-0.1, -0.05) is 33.1 Å². The van der Waals surface area contributed by atoms with Gasteiger partial charge in [0.15, 0.2) is 0 Å². The minimum atomic E-state index is 0.221. The lowest BCUT2D eigenvalue weighted by molar-refractivity contribution is 0.0293. The summed E-state index contributed by atoms with van der Waals surface area (Å²) in [4.78, 5) is 2.63. The highest BCUT2D eigenvalue weighted by molar-refractivity contribution is 4.89. The Morgan fingerprint density at radius 2 is 2.17 bits per heavy atom. The predicted octanol–water partition coefficient (Wildman–Crippen LogP) is 3.30. The molecule has 1 N–H and O–H groups in total. The third-order valence-corrected chi connectivity index (χ3v) is 5.15. The fourth-order valence-corrected chi connectivity index (χ4v) is 4.28. The van der Waals surface area contributed by atoms with Crippen LogP contribution in [0.25, 0.3) is 0 Å². The molecule has 0 amide bonds. The third-order valence-electron chi connectivity index (χ3n) is 5.15. The molecular weight excluding hydrogens is 222 g/mol. The number of rotatable bonds is 5. The summed E-state index contributed by atoms with van der Waals surface area (Å²) in [6.45, 7) is 8.74. The first-order valence-corrected chi connectivity index (χ1v) is 8.00. The zero-order valence-corrected chi connectivity index (χ0v) is 12.3. The summed E-state index contributed by atoms with van der Waals surface area (Å²) in [5, 5.41) is 9.86. The highest BCUT2D eigenvalue weighted by Gasteiger charge is 2.37. The first kappa shape index (κ1) is 14.3. The zero-order valence-electron chi connectivity index (χ0n) is 12.3. The summed E-state index contributed by atoms with van der Waals surface area (Å²) in [6.07, 6.45) is 9.24. The molecule has 1 aliphatic carbocycles. The Hall–Kier alpha value is -0.0800. The first-order valence-electron chi connectivity index (χ1n) is 8.00. The van der Waals surface area contributed by atoms with Crippen LogP contribution < -0.4 is 0 Å². The Kier molecular flexibility index (Phi) is 5.08. The maximum Gasteiger partial charge on any atom is 0.0499 e. The summed E-state index contributed by atoms with van der Waals surface area (Å²) < 4.78 is 0. The lowest BCUT2D eigenvalue weighted by Gasteiger charge is -2.41. The number of likely N-dealkylation sites (tertiary alicyclic amines) is 1. The SMILES string of the molecule is CCCC1CCN(CC2(CO)CCCC(C)C2)C1. The van der Waals surface area contributed by atoms with Crippen LogP contribution in [0.1, 0.15) is 58.8 Å². The van der Waals surface area contributed by atoms with Crippen molar-refractivity contribution in [3.05, 3.63) is 0 Å². The van der Waals surface area contributed by atoms with Crippen molar-refractivity contribution in [2.24, 2.45) is 17.3 Å². The lowest BCUT2D eigenvalue weighted by atomic mass is 9.70. The van der Waals surface area contributed by atoms with E-state index in [9.17, 15) is 5.11 Å². The first-order chi connectivity index (χ1) is 8.67. The largest absolute Gasteiger partial charge is 0.396 e. The summed E-state index contributed by atoms with van der Waals surface area (Å²) in [5.41, 5.74) is 0.221. The number of aliphatic hydroxyl groups is 1. The van der Waals surface area contributed by atoms with Gasteiger partial charge in [-0.15, -0.1) is 0 Å². The lowest BCUT2D eigenvalue weighted by Crippen LogP contribution is -2.42. The number of hydrogen-bond donors (Lipinski definition) is 1. The molecule has 2 rings (SSSR count). The Bertz CT molecular complexity index is 255. The molecule has 2 fully saturated rings. The van der Waals surface area contributed by atoms with Crippen LogP contribution >= 0.6 is 0 Å². The molecule has 0 radical (unpaired) electrons. The molecule has 0 spiro atoms. The van der Waals surface area contributed by atoms with Gasteiger partial charge in [-0.25, -0.2) is 0 Å². The van der Waals surface area contributed by atoms with E-state index in [1.54, 1.807) is 0 Å². The average molecular weight is 253 g/mol. The van der Waals surface area contributed by atoms with E-state index in [1.165, 1.54) is 58.0 Å². The highest BCUT2D eigenvalue weighted by atomic mass is 16.3. The van der Waals surface area contributed by atoms with Crippen molar-refractivity contribution in [2.45, 2.75) is 58.8 Å². The van der Waals surface area contributed by atoms with E-state index < -0.39 is 0 Å². The van der Waals surface area contributed by atoms with E-state index in [2.05, 4.69) is 18.7 Å². The van der Waals surface area contributed by atoms with Gasteiger partial charge in [0, 0.05) is 25.1 Å². The maximum absolute atomic E-state index is 9.86. The summed E-state index contributed by atoms with van der Waals surface area (Å²) in [7, 11) is 0. The molecule has 1 saturated heterocycles. The van der Waals surface area contributed by atoms with Crippen LogP contribution in [-0.2, 0) is 0 Å². The van der Waals surface area contributed by atoms with Crippen molar-refractivity contribution in [3.63, 3.8) is 0 Å². The van der Waals surface area contributed by atoms with Crippen LogP contribution in [0, 0.1) is 17.3 Å². The highest BCUT2D eigenvalue weighted by Crippen LogP contribution is 2.40. The van der Waals surface area contributed by atoms with Crippen molar-refractivity contribution in [3.8, 4) is 0 Å². The van der Waals surface area contributed by atoms with Crippen LogP contribution in [-0.4, -0.2) is 36.2 Å². The fraction of sp³-hybridized carbons (Fsp3) is 1.00. The second-order valence-corrected chi connectivity index (χ2v) is 7.04. The molecule has 1 aliphatic heterocycles. The molecule has 0 aromatic heterocycles. The topological polar surface area (TPSA) is 23.5 Å². The van der Waals surface area contributed by atoms with Gasteiger partial charge in [-0.3, -0.25) is 0 Å². The van der Waals surface area contributed by atoms with Crippen molar-refractivity contribution in [1.29, 1.82) is 0 Å². The van der Waals surface area contributed by atoms with Crippen molar-refractivity contribution >= 4 is 0 Å². The predicted molar refractivity (Wildman–Crippen MR) is 76.6 cm³/mol. The van der Waals surface area contributed by atoms with E-state index in [4.69, 9.17) is 0 Å². The molecule has 2 heteroatoms. The molecule has 106 valence electrons. The molecule has 1 saturated carbocycles. The van der Waals surface area contributed by atoms with Crippen molar-refractivity contribution in [1.82, 2.24) is 4.90 Å². The van der Waals surface area contributed by atoms with Gasteiger partial charge in [0.1, 0.15) is 0 Å². The molecule has 0 aromatic rings. The van der Waals surface area contributed by atoms with E-state index >= 15 is 0 Å². The number of hydrogen-bond acceptors (Lipinski definition) is 2.